The summed E-state index contributed by atoms with van der Waals surface area (Å²) in [5.41, 5.74) is 13.4. The normalized spacial score (nSPS) is 13.8. The van der Waals surface area contributed by atoms with E-state index in [2.05, 4.69) is 74.9 Å². The average Bonchev–Trinajstić information content (AvgIpc) is 3.32. The van der Waals surface area contributed by atoms with Crippen LogP contribution in [0.3, 0.4) is 0 Å². The van der Waals surface area contributed by atoms with E-state index >= 15 is 0 Å². The molecule has 1 aliphatic heterocycles. The summed E-state index contributed by atoms with van der Waals surface area (Å²) in [6.45, 7) is 13.2. The van der Waals surface area contributed by atoms with Gasteiger partial charge in [0.15, 0.2) is 0 Å². The number of aryl methyl sites for hydroxylation is 3. The molecule has 1 saturated heterocycles. The number of aromatic nitrogens is 3. The highest BCUT2D eigenvalue weighted by Gasteiger charge is 2.17. The van der Waals surface area contributed by atoms with Gasteiger partial charge in [-0.2, -0.15) is 0 Å². The predicted octanol–water partition coefficient (Wildman–Crippen LogP) is 4.52. The van der Waals surface area contributed by atoms with Crippen LogP contribution < -0.4 is 16.0 Å². The molecule has 0 saturated carbocycles. The smallest absolute Gasteiger partial charge is 0.217 e. The maximum absolute atomic E-state index is 11.5. The van der Waals surface area contributed by atoms with Gasteiger partial charge in [-0.05, 0) is 93.2 Å². The van der Waals surface area contributed by atoms with Gasteiger partial charge >= 0.3 is 0 Å². The van der Waals surface area contributed by atoms with Crippen LogP contribution in [0.2, 0.25) is 0 Å². The number of nitrogens with zero attached hydrogens (tertiary/aromatic N) is 5. The number of morpholine rings is 1. The molecule has 2 aromatic carbocycles. The summed E-state index contributed by atoms with van der Waals surface area (Å²) in [6, 6.07) is 16.4. The van der Waals surface area contributed by atoms with E-state index in [4.69, 9.17) is 15.5 Å². The van der Waals surface area contributed by atoms with Crippen LogP contribution in [0.1, 0.15) is 47.3 Å². The summed E-state index contributed by atoms with van der Waals surface area (Å²) in [5.74, 6) is 0.644. The van der Waals surface area contributed by atoms with Crippen molar-refractivity contribution in [1.29, 1.82) is 0 Å². The number of ether oxygens (including phenoxy) is 1. The summed E-state index contributed by atoms with van der Waals surface area (Å²) in [5, 5.41) is 14.2. The van der Waals surface area contributed by atoms with Crippen molar-refractivity contribution in [1.82, 2.24) is 19.4 Å². The summed E-state index contributed by atoms with van der Waals surface area (Å²) < 4.78 is 7.59. The van der Waals surface area contributed by atoms with Crippen molar-refractivity contribution in [3.8, 4) is 5.75 Å². The molecule has 5 rings (SSSR count). The molecule has 1 fully saturated rings. The van der Waals surface area contributed by atoms with Gasteiger partial charge < -0.3 is 30.4 Å². The first-order valence-corrected chi connectivity index (χ1v) is 15.6. The van der Waals surface area contributed by atoms with Crippen molar-refractivity contribution in [3.05, 3.63) is 76.6 Å². The van der Waals surface area contributed by atoms with E-state index in [1.807, 2.05) is 13.0 Å². The van der Waals surface area contributed by atoms with E-state index in [9.17, 15) is 9.90 Å². The van der Waals surface area contributed by atoms with Crippen molar-refractivity contribution in [3.63, 3.8) is 0 Å². The fraction of sp³-hybridized carbons (Fsp3) is 0.441. The largest absolute Gasteiger partial charge is 0.506 e. The molecular weight excluding hydrogens is 554 g/mol. The van der Waals surface area contributed by atoms with E-state index in [-0.39, 0.29) is 11.7 Å². The molecule has 234 valence electrons. The van der Waals surface area contributed by atoms with Crippen LogP contribution >= 0.6 is 0 Å². The number of amides is 1. The highest BCUT2D eigenvalue weighted by molar-refractivity contribution is 5.80. The second-order valence-electron chi connectivity index (χ2n) is 11.8. The number of pyridine rings is 1. The maximum Gasteiger partial charge on any atom is 0.217 e. The molecule has 44 heavy (non-hydrogen) atoms. The third-order valence-corrected chi connectivity index (χ3v) is 8.04. The van der Waals surface area contributed by atoms with E-state index in [0.29, 0.717) is 38.2 Å². The number of hydrogen-bond donors (Lipinski definition) is 3. The Balaban J connectivity index is 1.42. The quantitative estimate of drug-likeness (QED) is 0.181. The second kappa shape index (κ2) is 14.5. The molecule has 10 nitrogen and oxygen atoms in total. The topological polar surface area (TPSA) is 122 Å². The van der Waals surface area contributed by atoms with Crippen molar-refractivity contribution >= 4 is 28.6 Å². The zero-order valence-electron chi connectivity index (χ0n) is 26.2. The van der Waals surface area contributed by atoms with Crippen LogP contribution in [0.25, 0.3) is 11.0 Å². The zero-order valence-corrected chi connectivity index (χ0v) is 26.2. The number of aromatic hydroxyl groups is 1. The molecule has 1 amide bonds. The molecule has 2 aromatic heterocycles. The third kappa shape index (κ3) is 8.27. The lowest BCUT2D eigenvalue weighted by Crippen LogP contribution is -2.37. The number of rotatable bonds is 14. The van der Waals surface area contributed by atoms with Gasteiger partial charge in [0, 0.05) is 50.5 Å². The number of benzene rings is 2. The number of hydrogen-bond acceptors (Lipinski definition) is 8. The molecule has 0 aliphatic carbocycles. The number of primary amides is 1. The molecule has 4 aromatic rings. The van der Waals surface area contributed by atoms with Gasteiger partial charge in [0.25, 0.3) is 0 Å². The summed E-state index contributed by atoms with van der Waals surface area (Å²) in [4.78, 5) is 25.8. The number of imidazole rings is 1. The van der Waals surface area contributed by atoms with Gasteiger partial charge in [-0.25, -0.2) is 4.98 Å². The van der Waals surface area contributed by atoms with E-state index in [1.165, 1.54) is 11.1 Å². The first-order valence-electron chi connectivity index (χ1n) is 15.6. The average molecular weight is 600 g/mol. The van der Waals surface area contributed by atoms with Crippen LogP contribution in [0, 0.1) is 20.8 Å². The Morgan fingerprint density at radius 2 is 1.80 bits per heavy atom. The fourth-order valence-corrected chi connectivity index (χ4v) is 5.86. The minimum Gasteiger partial charge on any atom is -0.506 e. The van der Waals surface area contributed by atoms with Crippen molar-refractivity contribution < 1.29 is 14.6 Å². The lowest BCUT2D eigenvalue weighted by molar-refractivity contribution is -0.118. The SMILES string of the molecule is Cc1cc(C)cc(N(CCCC(N)=O)Cc2ccc3nc(NCCCN4CCOCC4)n(Cc4nc(C)ccc4O)c3c2)c1. The van der Waals surface area contributed by atoms with Crippen molar-refractivity contribution in [2.45, 2.75) is 53.1 Å². The Hall–Kier alpha value is -4.15. The summed E-state index contributed by atoms with van der Waals surface area (Å²) in [6.07, 6.45) is 2.01. The Morgan fingerprint density at radius 1 is 1.02 bits per heavy atom. The Kier molecular flexibility index (Phi) is 10.3. The molecule has 4 N–H and O–H groups in total. The third-order valence-electron chi connectivity index (χ3n) is 8.04. The highest BCUT2D eigenvalue weighted by atomic mass is 16.5. The van der Waals surface area contributed by atoms with Gasteiger partial charge in [-0.1, -0.05) is 12.1 Å². The summed E-state index contributed by atoms with van der Waals surface area (Å²) in [7, 11) is 0. The number of nitrogens with one attached hydrogen (secondary N) is 1. The lowest BCUT2D eigenvalue weighted by Gasteiger charge is -2.26. The maximum atomic E-state index is 11.5. The summed E-state index contributed by atoms with van der Waals surface area (Å²) >= 11 is 0. The van der Waals surface area contributed by atoms with Crippen LogP contribution in [-0.4, -0.2) is 76.4 Å². The van der Waals surface area contributed by atoms with E-state index in [1.54, 1.807) is 6.07 Å². The predicted molar refractivity (Wildman–Crippen MR) is 175 cm³/mol. The van der Waals surface area contributed by atoms with E-state index < -0.39 is 0 Å². The molecule has 3 heterocycles. The Morgan fingerprint density at radius 3 is 2.55 bits per heavy atom. The van der Waals surface area contributed by atoms with Gasteiger partial charge in [-0.3, -0.25) is 14.7 Å². The van der Waals surface area contributed by atoms with Crippen molar-refractivity contribution in [2.75, 3.05) is 56.2 Å². The van der Waals surface area contributed by atoms with E-state index in [0.717, 1.165) is 79.7 Å². The lowest BCUT2D eigenvalue weighted by atomic mass is 10.1. The van der Waals surface area contributed by atoms with Gasteiger partial charge in [-0.15, -0.1) is 0 Å². The van der Waals surface area contributed by atoms with Crippen LogP contribution in [-0.2, 0) is 22.6 Å². The minimum atomic E-state index is -0.284. The molecular formula is C34H45N7O3. The number of nitrogens with two attached hydrogens (primary N) is 1. The van der Waals surface area contributed by atoms with Gasteiger partial charge in [0.2, 0.25) is 11.9 Å². The first-order chi connectivity index (χ1) is 21.2. The first kappa shape index (κ1) is 31.3. The van der Waals surface area contributed by atoms with Crippen molar-refractivity contribution in [2.24, 2.45) is 5.73 Å². The number of carbonyl (C=O) groups excluding carboxylic acids is 1. The molecule has 10 heteroatoms. The Labute approximate surface area is 259 Å². The number of fused-ring (bicyclic) bond motifs is 1. The van der Waals surface area contributed by atoms with Crippen LogP contribution in [0.5, 0.6) is 5.75 Å². The minimum absolute atomic E-state index is 0.169. The molecule has 0 atom stereocenters. The van der Waals surface area contributed by atoms with Crippen LogP contribution in [0.4, 0.5) is 11.6 Å². The number of carbonyl (C=O) groups is 1. The standard InChI is InChI=1S/C34H45N7O3/c1-24-18-25(2)20-28(19-24)40(13-4-6-33(35)43)22-27-8-9-29-31(21-27)41(23-30-32(42)10-7-26(3)37-30)34(38-29)36-11-5-12-39-14-16-44-17-15-39/h7-10,18-21,42H,4-6,11-17,22-23H2,1-3H3,(H2,35,43)(H,36,38). The molecule has 0 unspecified atom stereocenters. The molecule has 0 bridgehead atoms. The van der Waals surface area contributed by atoms with Gasteiger partial charge in [0.1, 0.15) is 11.4 Å². The zero-order chi connectivity index (χ0) is 31.1. The molecule has 0 radical (unpaired) electrons. The Bertz CT molecular complexity index is 1560. The second-order valence-corrected chi connectivity index (χ2v) is 11.8. The molecule has 0 spiro atoms. The monoisotopic (exact) mass is 599 g/mol. The number of anilines is 2. The highest BCUT2D eigenvalue weighted by Crippen LogP contribution is 2.27. The van der Waals surface area contributed by atoms with Crippen LogP contribution in [0.15, 0.2) is 48.5 Å². The molecule has 1 aliphatic rings. The fourth-order valence-electron chi connectivity index (χ4n) is 5.86. The van der Waals surface area contributed by atoms with Gasteiger partial charge in [0.05, 0.1) is 30.8 Å².